The smallest absolute Gasteiger partial charge is 0.277 e. The number of carbonyl (C=O) groups is 2. The van der Waals surface area contributed by atoms with Crippen LogP contribution in [0.5, 0.6) is 0 Å². The minimum atomic E-state index is -0.516. The largest absolute Gasteiger partial charge is 0.359 e. The van der Waals surface area contributed by atoms with Crippen LogP contribution in [0.4, 0.5) is 15.8 Å². The zero-order valence-corrected chi connectivity index (χ0v) is 15.9. The maximum Gasteiger partial charge on any atom is 0.277 e. The molecule has 0 spiro atoms. The van der Waals surface area contributed by atoms with Crippen molar-refractivity contribution in [2.75, 3.05) is 29.9 Å². The molecule has 1 saturated heterocycles. The van der Waals surface area contributed by atoms with E-state index in [1.54, 1.807) is 30.3 Å². The highest BCUT2D eigenvalue weighted by Crippen LogP contribution is 2.30. The lowest BCUT2D eigenvalue weighted by Gasteiger charge is -2.29. The molecule has 7 nitrogen and oxygen atoms in total. The Morgan fingerprint density at radius 3 is 2.83 bits per heavy atom. The first-order valence-electron chi connectivity index (χ1n) is 8.85. The van der Waals surface area contributed by atoms with Gasteiger partial charge in [-0.3, -0.25) is 9.59 Å². The van der Waals surface area contributed by atoms with Gasteiger partial charge in [-0.15, -0.1) is 0 Å². The number of nitrogens with one attached hydrogen (secondary N) is 2. The standard InChI is InChI=1S/C20H16ClFN4O3/c21-14-9-12(5-6-17(14)26-8-7-23-19(27)11-26)24-20(28)16-10-18(29-25-16)13-3-1-2-4-15(13)22/h1-6,9-10H,7-8,11H2,(H,23,27)(H,24,28). The van der Waals surface area contributed by atoms with Crippen LogP contribution < -0.4 is 15.5 Å². The highest BCUT2D eigenvalue weighted by molar-refractivity contribution is 6.33. The molecule has 3 aromatic rings. The summed E-state index contributed by atoms with van der Waals surface area (Å²) in [5.41, 5.74) is 1.40. The van der Waals surface area contributed by atoms with Gasteiger partial charge in [-0.1, -0.05) is 28.9 Å². The fourth-order valence-electron chi connectivity index (χ4n) is 3.05. The van der Waals surface area contributed by atoms with E-state index in [-0.39, 0.29) is 29.5 Å². The Bertz CT molecular complexity index is 1090. The average molecular weight is 415 g/mol. The van der Waals surface area contributed by atoms with E-state index in [9.17, 15) is 14.0 Å². The summed E-state index contributed by atoms with van der Waals surface area (Å²) in [6.07, 6.45) is 0. The number of hydrogen-bond donors (Lipinski definition) is 2. The molecule has 148 valence electrons. The van der Waals surface area contributed by atoms with Gasteiger partial charge in [0.05, 0.1) is 22.8 Å². The van der Waals surface area contributed by atoms with Crippen LogP contribution in [0.15, 0.2) is 53.1 Å². The Labute approximate surface area is 170 Å². The van der Waals surface area contributed by atoms with Crippen LogP contribution in [0, 0.1) is 5.82 Å². The zero-order valence-electron chi connectivity index (χ0n) is 15.1. The molecule has 9 heteroatoms. The monoisotopic (exact) mass is 414 g/mol. The van der Waals surface area contributed by atoms with E-state index in [0.717, 1.165) is 0 Å². The van der Waals surface area contributed by atoms with Crippen molar-refractivity contribution in [3.05, 3.63) is 65.1 Å². The first-order chi connectivity index (χ1) is 14.0. The van der Waals surface area contributed by atoms with Crippen molar-refractivity contribution < 1.29 is 18.5 Å². The first-order valence-corrected chi connectivity index (χ1v) is 9.23. The highest BCUT2D eigenvalue weighted by Gasteiger charge is 2.20. The molecule has 2 heterocycles. The summed E-state index contributed by atoms with van der Waals surface area (Å²) in [6, 6.07) is 12.5. The molecule has 1 aliphatic heterocycles. The third kappa shape index (κ3) is 4.07. The summed E-state index contributed by atoms with van der Waals surface area (Å²) < 4.78 is 19.0. The Hall–Kier alpha value is -3.39. The molecule has 4 rings (SSSR count). The molecule has 2 aromatic carbocycles. The number of nitrogens with zero attached hydrogens (tertiary/aromatic N) is 2. The van der Waals surface area contributed by atoms with Crippen molar-refractivity contribution in [1.82, 2.24) is 10.5 Å². The van der Waals surface area contributed by atoms with E-state index in [0.29, 0.717) is 29.5 Å². The molecule has 0 unspecified atom stereocenters. The van der Waals surface area contributed by atoms with Crippen molar-refractivity contribution in [1.29, 1.82) is 0 Å². The van der Waals surface area contributed by atoms with Crippen LogP contribution in [0.2, 0.25) is 5.02 Å². The molecular weight excluding hydrogens is 399 g/mol. The Morgan fingerprint density at radius 1 is 1.24 bits per heavy atom. The topological polar surface area (TPSA) is 87.5 Å². The molecule has 1 fully saturated rings. The molecule has 0 bridgehead atoms. The van der Waals surface area contributed by atoms with Gasteiger partial charge < -0.3 is 20.1 Å². The van der Waals surface area contributed by atoms with Crippen LogP contribution in [-0.4, -0.2) is 36.6 Å². The van der Waals surface area contributed by atoms with Gasteiger partial charge >= 0.3 is 0 Å². The SMILES string of the molecule is O=C1CN(c2ccc(NC(=O)c3cc(-c4ccccc4F)on3)cc2Cl)CCN1. The van der Waals surface area contributed by atoms with Gasteiger partial charge in [0.25, 0.3) is 5.91 Å². The van der Waals surface area contributed by atoms with Gasteiger partial charge in [-0.2, -0.15) is 0 Å². The van der Waals surface area contributed by atoms with Crippen molar-refractivity contribution in [2.45, 2.75) is 0 Å². The number of aromatic nitrogens is 1. The molecular formula is C20H16ClFN4O3. The third-order valence-electron chi connectivity index (χ3n) is 4.47. The van der Waals surface area contributed by atoms with E-state index in [1.807, 2.05) is 4.90 Å². The molecule has 29 heavy (non-hydrogen) atoms. The van der Waals surface area contributed by atoms with E-state index >= 15 is 0 Å². The summed E-state index contributed by atoms with van der Waals surface area (Å²) in [5.74, 6) is -0.895. The number of halogens is 2. The van der Waals surface area contributed by atoms with Crippen molar-refractivity contribution >= 4 is 34.8 Å². The maximum absolute atomic E-state index is 13.9. The maximum atomic E-state index is 13.9. The predicted octanol–water partition coefficient (Wildman–Crippen LogP) is 3.32. The number of carbonyl (C=O) groups excluding carboxylic acids is 2. The van der Waals surface area contributed by atoms with Crippen LogP contribution in [0.25, 0.3) is 11.3 Å². The van der Waals surface area contributed by atoms with E-state index in [2.05, 4.69) is 15.8 Å². The lowest BCUT2D eigenvalue weighted by Crippen LogP contribution is -2.47. The summed E-state index contributed by atoms with van der Waals surface area (Å²) in [4.78, 5) is 25.9. The van der Waals surface area contributed by atoms with Crippen LogP contribution in [0.1, 0.15) is 10.5 Å². The zero-order chi connectivity index (χ0) is 20.4. The summed E-state index contributed by atoms with van der Waals surface area (Å²) in [5, 5.41) is 9.55. The van der Waals surface area contributed by atoms with Gasteiger partial charge in [0.2, 0.25) is 5.91 Å². The van der Waals surface area contributed by atoms with Crippen molar-refractivity contribution in [2.24, 2.45) is 0 Å². The Kier molecular flexibility index (Phi) is 5.18. The van der Waals surface area contributed by atoms with Gasteiger partial charge in [-0.25, -0.2) is 4.39 Å². The van der Waals surface area contributed by atoms with Gasteiger partial charge in [0, 0.05) is 24.8 Å². The van der Waals surface area contributed by atoms with E-state index in [1.165, 1.54) is 18.2 Å². The molecule has 0 saturated carbocycles. The second kappa shape index (κ2) is 7.92. The van der Waals surface area contributed by atoms with Gasteiger partial charge in [-0.05, 0) is 30.3 Å². The Morgan fingerprint density at radius 2 is 2.07 bits per heavy atom. The summed E-state index contributed by atoms with van der Waals surface area (Å²) >= 11 is 6.34. The normalized spacial score (nSPS) is 13.9. The van der Waals surface area contributed by atoms with Crippen LogP contribution in [-0.2, 0) is 4.79 Å². The first kappa shape index (κ1) is 18.9. The number of anilines is 2. The minimum Gasteiger partial charge on any atom is -0.359 e. The summed E-state index contributed by atoms with van der Waals surface area (Å²) in [6.45, 7) is 1.42. The van der Waals surface area contributed by atoms with Gasteiger partial charge in [0.1, 0.15) is 5.82 Å². The fourth-order valence-corrected chi connectivity index (χ4v) is 3.35. The molecule has 2 N–H and O–H groups in total. The average Bonchev–Trinajstić information content (AvgIpc) is 3.18. The van der Waals surface area contributed by atoms with Crippen molar-refractivity contribution in [3.63, 3.8) is 0 Å². The lowest BCUT2D eigenvalue weighted by molar-refractivity contribution is -0.120. The number of rotatable bonds is 4. The summed E-state index contributed by atoms with van der Waals surface area (Å²) in [7, 11) is 0. The molecule has 0 atom stereocenters. The van der Waals surface area contributed by atoms with Gasteiger partial charge in [0.15, 0.2) is 11.5 Å². The third-order valence-corrected chi connectivity index (χ3v) is 4.77. The van der Waals surface area contributed by atoms with E-state index < -0.39 is 11.7 Å². The molecule has 0 radical (unpaired) electrons. The fraction of sp³-hybridized carbons (Fsp3) is 0.150. The number of hydrogen-bond acceptors (Lipinski definition) is 5. The van der Waals surface area contributed by atoms with Crippen LogP contribution >= 0.6 is 11.6 Å². The number of amides is 2. The Balaban J connectivity index is 1.48. The second-order valence-corrected chi connectivity index (χ2v) is 6.86. The van der Waals surface area contributed by atoms with Crippen LogP contribution in [0.3, 0.4) is 0 Å². The highest BCUT2D eigenvalue weighted by atomic mass is 35.5. The lowest BCUT2D eigenvalue weighted by atomic mass is 10.1. The predicted molar refractivity (Wildman–Crippen MR) is 107 cm³/mol. The number of benzene rings is 2. The van der Waals surface area contributed by atoms with Crippen molar-refractivity contribution in [3.8, 4) is 11.3 Å². The molecule has 2 amide bonds. The molecule has 0 aliphatic carbocycles. The quantitative estimate of drug-likeness (QED) is 0.683. The minimum absolute atomic E-state index is 0.0103. The molecule has 1 aliphatic rings. The molecule has 1 aromatic heterocycles. The second-order valence-electron chi connectivity index (χ2n) is 6.45. The number of piperazine rings is 1. The van der Waals surface area contributed by atoms with E-state index in [4.69, 9.17) is 16.1 Å².